The molecule has 1 aromatic carbocycles. The normalized spacial score (nSPS) is 14.2. The van der Waals surface area contributed by atoms with Crippen molar-refractivity contribution in [3.8, 4) is 0 Å². The number of methoxy groups -OCH3 is 1. The second kappa shape index (κ2) is 5.11. The molecule has 6 heteroatoms. The quantitative estimate of drug-likeness (QED) is 0.524. The van der Waals surface area contributed by atoms with Crippen LogP contribution in [-0.2, 0) is 9.53 Å². The zero-order valence-corrected chi connectivity index (χ0v) is 9.48. The number of halogens is 1. The van der Waals surface area contributed by atoms with Crippen LogP contribution in [-0.4, -0.2) is 29.4 Å². The Bertz CT molecular complexity index is 436. The molecule has 0 saturated heterocycles. The molecule has 0 spiro atoms. The second-order valence-corrected chi connectivity index (χ2v) is 3.64. The summed E-state index contributed by atoms with van der Waals surface area (Å²) in [6.45, 7) is 1.60. The van der Waals surface area contributed by atoms with Crippen molar-refractivity contribution in [3.05, 3.63) is 29.1 Å². The van der Waals surface area contributed by atoms with Gasteiger partial charge in [-0.3, -0.25) is 0 Å². The highest BCUT2D eigenvalue weighted by molar-refractivity contribution is 5.75. The van der Waals surface area contributed by atoms with Gasteiger partial charge < -0.3 is 20.7 Å². The topological polar surface area (TPSA) is 92.8 Å². The summed E-state index contributed by atoms with van der Waals surface area (Å²) < 4.78 is 17.8. The van der Waals surface area contributed by atoms with Crippen molar-refractivity contribution < 1.29 is 24.1 Å². The second-order valence-electron chi connectivity index (χ2n) is 3.64. The van der Waals surface area contributed by atoms with Crippen molar-refractivity contribution >= 4 is 11.7 Å². The maximum absolute atomic E-state index is 13.5. The molecule has 0 aliphatic heterocycles. The number of aliphatic hydroxyl groups excluding tert-OH is 2. The number of nitrogens with two attached hydrogens (primary N) is 1. The van der Waals surface area contributed by atoms with Crippen LogP contribution in [0, 0.1) is 12.7 Å². The number of aliphatic hydroxyl groups is 2. The van der Waals surface area contributed by atoms with Crippen molar-refractivity contribution in [3.63, 3.8) is 0 Å². The Morgan fingerprint density at radius 2 is 2.06 bits per heavy atom. The van der Waals surface area contributed by atoms with Gasteiger partial charge >= 0.3 is 5.97 Å². The number of nitrogen functional groups attached to an aromatic ring is 1. The summed E-state index contributed by atoms with van der Waals surface area (Å²) in [5, 5.41) is 19.0. The van der Waals surface area contributed by atoms with Crippen molar-refractivity contribution in [1.82, 2.24) is 0 Å². The van der Waals surface area contributed by atoms with Crippen LogP contribution in [0.25, 0.3) is 0 Å². The maximum Gasteiger partial charge on any atom is 0.337 e. The van der Waals surface area contributed by atoms with Gasteiger partial charge in [0.2, 0.25) is 0 Å². The molecule has 0 saturated carbocycles. The Labute approximate surface area is 97.6 Å². The smallest absolute Gasteiger partial charge is 0.337 e. The molecule has 0 fully saturated rings. The van der Waals surface area contributed by atoms with E-state index in [0.29, 0.717) is 5.56 Å². The summed E-state index contributed by atoms with van der Waals surface area (Å²) in [6.07, 6.45) is -3.57. The molecular formula is C11H14FNO4. The fourth-order valence-electron chi connectivity index (χ4n) is 1.35. The molecule has 17 heavy (non-hydrogen) atoms. The molecule has 1 aromatic rings. The highest BCUT2D eigenvalue weighted by atomic mass is 19.1. The first-order chi connectivity index (χ1) is 7.88. The Balaban J connectivity index is 3.08. The van der Waals surface area contributed by atoms with Gasteiger partial charge in [0, 0.05) is 11.3 Å². The van der Waals surface area contributed by atoms with Gasteiger partial charge in [-0.25, -0.2) is 9.18 Å². The summed E-state index contributed by atoms with van der Waals surface area (Å²) in [5.41, 5.74) is 6.08. The molecule has 2 atom stereocenters. The van der Waals surface area contributed by atoms with E-state index in [1.807, 2.05) is 0 Å². The molecule has 0 aliphatic carbocycles. The van der Waals surface area contributed by atoms with Crippen LogP contribution >= 0.6 is 0 Å². The summed E-state index contributed by atoms with van der Waals surface area (Å²) in [4.78, 5) is 11.0. The van der Waals surface area contributed by atoms with Gasteiger partial charge in [-0.2, -0.15) is 0 Å². The Morgan fingerprint density at radius 1 is 1.47 bits per heavy atom. The minimum atomic E-state index is -1.85. The number of ether oxygens (including phenoxy) is 1. The third-order valence-corrected chi connectivity index (χ3v) is 2.45. The molecule has 0 radical (unpaired) electrons. The maximum atomic E-state index is 13.5. The van der Waals surface area contributed by atoms with Gasteiger partial charge in [-0.05, 0) is 24.6 Å². The minimum Gasteiger partial charge on any atom is -0.467 e. The lowest BCUT2D eigenvalue weighted by molar-refractivity contribution is -0.156. The lowest BCUT2D eigenvalue weighted by atomic mass is 10.0. The molecule has 1 rings (SSSR count). The number of hydrogen-bond donors (Lipinski definition) is 3. The van der Waals surface area contributed by atoms with E-state index >= 15 is 0 Å². The molecule has 0 heterocycles. The van der Waals surface area contributed by atoms with Crippen LogP contribution in [0.4, 0.5) is 10.1 Å². The number of rotatable bonds is 3. The van der Waals surface area contributed by atoms with E-state index in [2.05, 4.69) is 4.74 Å². The zero-order valence-electron chi connectivity index (χ0n) is 9.48. The standard InChI is InChI=1S/C11H14FNO4/c1-5-3-7(12)6(4-8(5)13)9(14)10(15)11(16)17-2/h3-4,9-10,14-15H,13H2,1-2H3. The summed E-state index contributed by atoms with van der Waals surface area (Å²) in [5.74, 6) is -1.79. The molecular weight excluding hydrogens is 229 g/mol. The first-order valence-corrected chi connectivity index (χ1v) is 4.88. The minimum absolute atomic E-state index is 0.244. The van der Waals surface area contributed by atoms with Crippen LogP contribution in [0.5, 0.6) is 0 Å². The number of carbonyl (C=O) groups is 1. The molecule has 4 N–H and O–H groups in total. The van der Waals surface area contributed by atoms with E-state index in [0.717, 1.165) is 13.2 Å². The molecule has 94 valence electrons. The molecule has 0 aromatic heterocycles. The summed E-state index contributed by atoms with van der Waals surface area (Å²) in [7, 11) is 1.05. The van der Waals surface area contributed by atoms with Crippen molar-refractivity contribution in [2.24, 2.45) is 0 Å². The largest absolute Gasteiger partial charge is 0.467 e. The van der Waals surface area contributed by atoms with Crippen LogP contribution in [0.15, 0.2) is 12.1 Å². The molecule has 5 nitrogen and oxygen atoms in total. The lowest BCUT2D eigenvalue weighted by Crippen LogP contribution is -2.29. The highest BCUT2D eigenvalue weighted by Gasteiger charge is 2.28. The highest BCUT2D eigenvalue weighted by Crippen LogP contribution is 2.25. The summed E-state index contributed by atoms with van der Waals surface area (Å²) >= 11 is 0. The van der Waals surface area contributed by atoms with Gasteiger partial charge in [0.25, 0.3) is 0 Å². The molecule has 0 aliphatic rings. The fraction of sp³-hybridized carbons (Fsp3) is 0.364. The Hall–Kier alpha value is -1.66. The van der Waals surface area contributed by atoms with Gasteiger partial charge in [0.15, 0.2) is 6.10 Å². The average molecular weight is 243 g/mol. The van der Waals surface area contributed by atoms with Crippen molar-refractivity contribution in [1.29, 1.82) is 0 Å². The van der Waals surface area contributed by atoms with E-state index < -0.39 is 24.0 Å². The van der Waals surface area contributed by atoms with Gasteiger partial charge in [0.1, 0.15) is 11.9 Å². The van der Waals surface area contributed by atoms with E-state index in [-0.39, 0.29) is 11.3 Å². The van der Waals surface area contributed by atoms with Crippen molar-refractivity contribution in [2.45, 2.75) is 19.1 Å². The number of anilines is 1. The van der Waals surface area contributed by atoms with Gasteiger partial charge in [-0.1, -0.05) is 0 Å². The van der Waals surface area contributed by atoms with E-state index in [1.54, 1.807) is 6.92 Å². The SMILES string of the molecule is COC(=O)C(O)C(O)c1cc(N)c(C)cc1F. The predicted octanol–water partition coefficient (Wildman–Crippen LogP) is 0.284. The first-order valence-electron chi connectivity index (χ1n) is 4.88. The predicted molar refractivity (Wildman–Crippen MR) is 58.5 cm³/mol. The third-order valence-electron chi connectivity index (χ3n) is 2.45. The summed E-state index contributed by atoms with van der Waals surface area (Å²) in [6, 6.07) is 2.30. The number of aryl methyl sites for hydroxylation is 1. The van der Waals surface area contributed by atoms with Crippen LogP contribution < -0.4 is 5.73 Å². The van der Waals surface area contributed by atoms with E-state index in [4.69, 9.17) is 5.73 Å². The van der Waals surface area contributed by atoms with Gasteiger partial charge in [-0.15, -0.1) is 0 Å². The number of benzene rings is 1. The Morgan fingerprint density at radius 3 is 2.59 bits per heavy atom. The average Bonchev–Trinajstić information content (AvgIpc) is 2.31. The zero-order chi connectivity index (χ0) is 13.2. The first kappa shape index (κ1) is 13.4. The van der Waals surface area contributed by atoms with Crippen molar-refractivity contribution in [2.75, 3.05) is 12.8 Å². The van der Waals surface area contributed by atoms with Crippen LogP contribution in [0.1, 0.15) is 17.2 Å². The number of esters is 1. The monoisotopic (exact) mass is 243 g/mol. The van der Waals surface area contributed by atoms with Gasteiger partial charge in [0.05, 0.1) is 7.11 Å². The Kier molecular flexibility index (Phi) is 4.03. The molecule has 2 unspecified atom stereocenters. The fourth-order valence-corrected chi connectivity index (χ4v) is 1.35. The van der Waals surface area contributed by atoms with Crippen LogP contribution in [0.3, 0.4) is 0 Å². The van der Waals surface area contributed by atoms with E-state index in [9.17, 15) is 19.4 Å². The molecule has 0 amide bonds. The number of hydrogen-bond acceptors (Lipinski definition) is 5. The number of carbonyl (C=O) groups excluding carboxylic acids is 1. The third kappa shape index (κ3) is 2.72. The molecule has 0 bridgehead atoms. The van der Waals surface area contributed by atoms with Crippen LogP contribution in [0.2, 0.25) is 0 Å². The lowest BCUT2D eigenvalue weighted by Gasteiger charge is -2.17. The van der Waals surface area contributed by atoms with E-state index in [1.165, 1.54) is 6.07 Å².